The average Bonchev–Trinajstić information content (AvgIpc) is 2.59. The first kappa shape index (κ1) is 11.8. The molecule has 3 heteroatoms. The molecule has 0 aliphatic heterocycles. The molecule has 15 heavy (non-hydrogen) atoms. The number of hydrogen-bond acceptors (Lipinski definition) is 2. The summed E-state index contributed by atoms with van der Waals surface area (Å²) < 4.78 is 1.94. The van der Waals surface area contributed by atoms with Crippen LogP contribution in [0.1, 0.15) is 31.2 Å². The Bertz CT molecular complexity index is 333. The van der Waals surface area contributed by atoms with Gasteiger partial charge in [-0.15, -0.1) is 12.3 Å². The molecule has 0 bridgehead atoms. The van der Waals surface area contributed by atoms with Gasteiger partial charge in [0.05, 0.1) is 11.4 Å². The second-order valence-corrected chi connectivity index (χ2v) is 3.59. The predicted octanol–water partition coefficient (Wildman–Crippen LogP) is 1.49. The van der Waals surface area contributed by atoms with Gasteiger partial charge in [0.15, 0.2) is 0 Å². The highest BCUT2D eigenvalue weighted by atomic mass is 15.3. The summed E-state index contributed by atoms with van der Waals surface area (Å²) in [5, 5.41) is 7.75. The smallest absolute Gasteiger partial charge is 0.0625 e. The molecule has 0 saturated carbocycles. The monoisotopic (exact) mass is 205 g/mol. The van der Waals surface area contributed by atoms with Gasteiger partial charge >= 0.3 is 0 Å². The molecule has 3 nitrogen and oxygen atoms in total. The fourth-order valence-electron chi connectivity index (χ4n) is 1.44. The quantitative estimate of drug-likeness (QED) is 0.563. The fraction of sp³-hybridized carbons (Fsp3) is 0.583. The summed E-state index contributed by atoms with van der Waals surface area (Å²) in [7, 11) is 1.98. The van der Waals surface area contributed by atoms with Crippen molar-refractivity contribution in [3.63, 3.8) is 0 Å². The highest BCUT2D eigenvalue weighted by molar-refractivity contribution is 5.09. The summed E-state index contributed by atoms with van der Waals surface area (Å²) in [6.07, 6.45) is 8.05. The summed E-state index contributed by atoms with van der Waals surface area (Å²) in [5.74, 6) is 2.63. The van der Waals surface area contributed by atoms with Crippen molar-refractivity contribution in [1.29, 1.82) is 0 Å². The molecule has 0 amide bonds. The number of rotatable bonds is 6. The van der Waals surface area contributed by atoms with E-state index in [1.807, 2.05) is 11.7 Å². The van der Waals surface area contributed by atoms with Crippen LogP contribution in [0.2, 0.25) is 0 Å². The van der Waals surface area contributed by atoms with Gasteiger partial charge in [0.1, 0.15) is 0 Å². The second kappa shape index (κ2) is 6.26. The van der Waals surface area contributed by atoms with Gasteiger partial charge in [0.2, 0.25) is 0 Å². The summed E-state index contributed by atoms with van der Waals surface area (Å²) in [4.78, 5) is 0. The van der Waals surface area contributed by atoms with Crippen LogP contribution in [0.4, 0.5) is 0 Å². The lowest BCUT2D eigenvalue weighted by Gasteiger charge is -2.03. The Hall–Kier alpha value is -1.27. The van der Waals surface area contributed by atoms with Crippen LogP contribution in [0.3, 0.4) is 0 Å². The molecule has 0 radical (unpaired) electrons. The van der Waals surface area contributed by atoms with E-state index in [4.69, 9.17) is 6.42 Å². The van der Waals surface area contributed by atoms with Crippen LogP contribution in [0.5, 0.6) is 0 Å². The zero-order chi connectivity index (χ0) is 11.1. The van der Waals surface area contributed by atoms with Gasteiger partial charge in [0.25, 0.3) is 0 Å². The second-order valence-electron chi connectivity index (χ2n) is 3.59. The third kappa shape index (κ3) is 3.77. The Balaban J connectivity index is 2.31. The maximum atomic E-state index is 5.18. The third-order valence-corrected chi connectivity index (χ3v) is 2.37. The number of unbranched alkanes of at least 4 members (excludes halogenated alkanes) is 1. The van der Waals surface area contributed by atoms with Crippen molar-refractivity contribution < 1.29 is 0 Å². The first-order valence-electron chi connectivity index (χ1n) is 5.44. The molecule has 1 aromatic rings. The Kier molecular flexibility index (Phi) is 4.92. The van der Waals surface area contributed by atoms with Gasteiger partial charge in [0, 0.05) is 20.0 Å². The van der Waals surface area contributed by atoms with E-state index in [1.54, 1.807) is 0 Å². The van der Waals surface area contributed by atoms with Crippen LogP contribution in [-0.4, -0.2) is 16.3 Å². The Morgan fingerprint density at radius 2 is 2.40 bits per heavy atom. The molecule has 0 aliphatic rings. The van der Waals surface area contributed by atoms with Crippen LogP contribution in [0, 0.1) is 12.3 Å². The van der Waals surface area contributed by atoms with E-state index in [1.165, 1.54) is 5.69 Å². The number of aryl methyl sites for hydroxylation is 2. The van der Waals surface area contributed by atoms with Gasteiger partial charge in [-0.1, -0.05) is 6.92 Å². The normalized spacial score (nSPS) is 10.2. The largest absolute Gasteiger partial charge is 0.311 e. The SMILES string of the molecule is C#CCCCNCc1cc(CC)nn1C. The van der Waals surface area contributed by atoms with E-state index in [0.29, 0.717) is 0 Å². The minimum Gasteiger partial charge on any atom is -0.311 e. The van der Waals surface area contributed by atoms with Crippen molar-refractivity contribution in [1.82, 2.24) is 15.1 Å². The minimum absolute atomic E-state index is 0.846. The standard InChI is InChI=1S/C12H19N3/c1-4-6-7-8-13-10-12-9-11(5-2)14-15(12)3/h1,9,13H,5-8,10H2,2-3H3. The number of nitrogens with one attached hydrogen (secondary N) is 1. The van der Waals surface area contributed by atoms with Gasteiger partial charge < -0.3 is 5.32 Å². The van der Waals surface area contributed by atoms with Gasteiger partial charge in [-0.3, -0.25) is 4.68 Å². The summed E-state index contributed by atoms with van der Waals surface area (Å²) in [6, 6.07) is 2.15. The molecular weight excluding hydrogens is 186 g/mol. The molecule has 1 rings (SSSR count). The molecule has 0 saturated heterocycles. The van der Waals surface area contributed by atoms with Crippen LogP contribution >= 0.6 is 0 Å². The van der Waals surface area contributed by atoms with Crippen molar-refractivity contribution >= 4 is 0 Å². The molecule has 0 aliphatic carbocycles. The lowest BCUT2D eigenvalue weighted by Crippen LogP contribution is -2.16. The zero-order valence-electron chi connectivity index (χ0n) is 9.58. The van der Waals surface area contributed by atoms with Crippen molar-refractivity contribution in [3.05, 3.63) is 17.5 Å². The zero-order valence-corrected chi connectivity index (χ0v) is 9.58. The molecule has 0 aromatic carbocycles. The number of terminal acetylenes is 1. The Labute approximate surface area is 91.9 Å². The molecule has 0 fully saturated rings. The molecule has 82 valence electrons. The van der Waals surface area contributed by atoms with Crippen molar-refractivity contribution in [3.8, 4) is 12.3 Å². The third-order valence-electron chi connectivity index (χ3n) is 2.37. The Morgan fingerprint density at radius 3 is 3.00 bits per heavy atom. The van der Waals surface area contributed by atoms with Gasteiger partial charge in [-0.05, 0) is 25.5 Å². The van der Waals surface area contributed by atoms with E-state index in [2.05, 4.69) is 29.3 Å². The van der Waals surface area contributed by atoms with Crippen molar-refractivity contribution in [2.45, 2.75) is 32.7 Å². The van der Waals surface area contributed by atoms with E-state index >= 15 is 0 Å². The van der Waals surface area contributed by atoms with Crippen LogP contribution in [0.15, 0.2) is 6.07 Å². The van der Waals surface area contributed by atoms with Gasteiger partial charge in [-0.25, -0.2) is 0 Å². The first-order chi connectivity index (χ1) is 7.27. The van der Waals surface area contributed by atoms with Crippen LogP contribution in [-0.2, 0) is 20.0 Å². The lowest BCUT2D eigenvalue weighted by molar-refractivity contribution is 0.610. The number of hydrogen-bond donors (Lipinski definition) is 1. The highest BCUT2D eigenvalue weighted by Gasteiger charge is 2.02. The van der Waals surface area contributed by atoms with E-state index < -0.39 is 0 Å². The molecule has 1 heterocycles. The average molecular weight is 205 g/mol. The van der Waals surface area contributed by atoms with Crippen LogP contribution < -0.4 is 5.32 Å². The molecule has 1 aromatic heterocycles. The predicted molar refractivity (Wildman–Crippen MR) is 62.4 cm³/mol. The van der Waals surface area contributed by atoms with Crippen molar-refractivity contribution in [2.24, 2.45) is 7.05 Å². The maximum Gasteiger partial charge on any atom is 0.0625 e. The van der Waals surface area contributed by atoms with E-state index in [9.17, 15) is 0 Å². The lowest BCUT2D eigenvalue weighted by atomic mass is 10.3. The molecule has 0 unspecified atom stereocenters. The first-order valence-corrected chi connectivity index (χ1v) is 5.44. The fourth-order valence-corrected chi connectivity index (χ4v) is 1.44. The maximum absolute atomic E-state index is 5.18. The van der Waals surface area contributed by atoms with Gasteiger partial charge in [-0.2, -0.15) is 5.10 Å². The molecule has 0 spiro atoms. The molecule has 1 N–H and O–H groups in total. The summed E-state index contributed by atoms with van der Waals surface area (Å²) >= 11 is 0. The van der Waals surface area contributed by atoms with Crippen molar-refractivity contribution in [2.75, 3.05) is 6.54 Å². The molecule has 0 atom stereocenters. The highest BCUT2D eigenvalue weighted by Crippen LogP contribution is 2.03. The number of aromatic nitrogens is 2. The number of nitrogens with zero attached hydrogens (tertiary/aromatic N) is 2. The Morgan fingerprint density at radius 1 is 1.60 bits per heavy atom. The van der Waals surface area contributed by atoms with Crippen LogP contribution in [0.25, 0.3) is 0 Å². The van der Waals surface area contributed by atoms with E-state index in [0.717, 1.165) is 38.0 Å². The summed E-state index contributed by atoms with van der Waals surface area (Å²) in [5.41, 5.74) is 2.38. The summed E-state index contributed by atoms with van der Waals surface area (Å²) in [6.45, 7) is 3.96. The van der Waals surface area contributed by atoms with E-state index in [-0.39, 0.29) is 0 Å². The topological polar surface area (TPSA) is 29.9 Å². The minimum atomic E-state index is 0.846. The molecular formula is C12H19N3.